The third kappa shape index (κ3) is 2.15. The van der Waals surface area contributed by atoms with Crippen LogP contribution < -0.4 is 5.73 Å². The highest BCUT2D eigenvalue weighted by Crippen LogP contribution is 2.42. The first-order valence-electron chi connectivity index (χ1n) is 5.79. The minimum absolute atomic E-state index is 0.150. The molecule has 1 aliphatic rings. The van der Waals surface area contributed by atoms with Gasteiger partial charge in [0.05, 0.1) is 0 Å². The lowest BCUT2D eigenvalue weighted by molar-refractivity contribution is 0.680. The lowest BCUT2D eigenvalue weighted by atomic mass is 10.0. The second kappa shape index (κ2) is 4.48. The molecular weight excluding hydrogens is 246 g/mol. The van der Waals surface area contributed by atoms with E-state index in [2.05, 4.69) is 42.6 Å². The molecule has 2 aromatic rings. The minimum atomic E-state index is 0.150. The molecule has 0 aliphatic carbocycles. The van der Waals surface area contributed by atoms with E-state index in [-0.39, 0.29) is 6.04 Å². The molecule has 2 atom stereocenters. The van der Waals surface area contributed by atoms with Crippen molar-refractivity contribution in [3.8, 4) is 0 Å². The van der Waals surface area contributed by atoms with Crippen LogP contribution in [0.1, 0.15) is 22.0 Å². The van der Waals surface area contributed by atoms with Gasteiger partial charge in [-0.15, -0.1) is 23.1 Å². The summed E-state index contributed by atoms with van der Waals surface area (Å²) in [6.07, 6.45) is 1.09. The number of thioether (sulfide) groups is 1. The zero-order valence-corrected chi connectivity index (χ0v) is 11.4. The molecule has 17 heavy (non-hydrogen) atoms. The molecule has 88 valence electrons. The molecule has 2 heterocycles. The fourth-order valence-electron chi connectivity index (χ4n) is 2.26. The van der Waals surface area contributed by atoms with E-state index >= 15 is 0 Å². The van der Waals surface area contributed by atoms with Crippen LogP contribution in [0.5, 0.6) is 0 Å². The van der Waals surface area contributed by atoms with Gasteiger partial charge in [-0.05, 0) is 42.0 Å². The van der Waals surface area contributed by atoms with E-state index in [9.17, 15) is 0 Å². The fraction of sp³-hybridized carbons (Fsp3) is 0.286. The van der Waals surface area contributed by atoms with Crippen LogP contribution in [-0.4, -0.2) is 5.25 Å². The van der Waals surface area contributed by atoms with Crippen molar-refractivity contribution in [1.82, 2.24) is 0 Å². The fourth-order valence-corrected chi connectivity index (χ4v) is 4.37. The molecule has 3 heteroatoms. The predicted octanol–water partition coefficient (Wildman–Crippen LogP) is 3.77. The normalized spacial score (nSPS) is 20.2. The van der Waals surface area contributed by atoms with E-state index in [1.165, 1.54) is 20.9 Å². The predicted molar refractivity (Wildman–Crippen MR) is 75.8 cm³/mol. The van der Waals surface area contributed by atoms with Crippen LogP contribution in [0.15, 0.2) is 40.6 Å². The highest BCUT2D eigenvalue weighted by atomic mass is 32.2. The number of hydrogen-bond acceptors (Lipinski definition) is 3. The van der Waals surface area contributed by atoms with Crippen LogP contribution in [0.25, 0.3) is 0 Å². The van der Waals surface area contributed by atoms with Gasteiger partial charge in [0.1, 0.15) is 0 Å². The van der Waals surface area contributed by atoms with E-state index in [0.29, 0.717) is 5.25 Å². The molecule has 0 fully saturated rings. The van der Waals surface area contributed by atoms with Crippen molar-refractivity contribution in [3.63, 3.8) is 0 Å². The van der Waals surface area contributed by atoms with Crippen LogP contribution in [0.2, 0.25) is 0 Å². The zero-order valence-electron chi connectivity index (χ0n) is 9.72. The quantitative estimate of drug-likeness (QED) is 0.890. The summed E-state index contributed by atoms with van der Waals surface area (Å²) in [6, 6.07) is 11.0. The number of fused-ring (bicyclic) bond motifs is 1. The van der Waals surface area contributed by atoms with Gasteiger partial charge in [0, 0.05) is 21.1 Å². The van der Waals surface area contributed by atoms with Gasteiger partial charge in [-0.2, -0.15) is 0 Å². The number of hydrogen-bond donors (Lipinski definition) is 1. The molecule has 0 amide bonds. The van der Waals surface area contributed by atoms with Crippen molar-refractivity contribution < 1.29 is 0 Å². The second-order valence-electron chi connectivity index (χ2n) is 4.48. The van der Waals surface area contributed by atoms with Crippen LogP contribution in [0.4, 0.5) is 0 Å². The summed E-state index contributed by atoms with van der Waals surface area (Å²) in [5.41, 5.74) is 9.12. The summed E-state index contributed by atoms with van der Waals surface area (Å²) in [6.45, 7) is 2.14. The van der Waals surface area contributed by atoms with Crippen LogP contribution in [0, 0.1) is 6.92 Å². The average molecular weight is 261 g/mol. The van der Waals surface area contributed by atoms with Crippen LogP contribution >= 0.6 is 23.1 Å². The molecule has 3 rings (SSSR count). The average Bonchev–Trinajstić information content (AvgIpc) is 2.93. The number of aryl methyl sites for hydroxylation is 1. The Morgan fingerprint density at radius 2 is 2.18 bits per heavy atom. The molecule has 0 spiro atoms. The van der Waals surface area contributed by atoms with Gasteiger partial charge in [0.15, 0.2) is 0 Å². The Bertz CT molecular complexity index is 508. The maximum atomic E-state index is 6.38. The number of benzene rings is 1. The summed E-state index contributed by atoms with van der Waals surface area (Å²) >= 11 is 3.71. The molecule has 1 aliphatic heterocycles. The lowest BCUT2D eigenvalue weighted by Gasteiger charge is -2.16. The Labute approximate surface area is 110 Å². The van der Waals surface area contributed by atoms with E-state index in [1.807, 2.05) is 11.8 Å². The van der Waals surface area contributed by atoms with Crippen LogP contribution in [0.3, 0.4) is 0 Å². The first-order chi connectivity index (χ1) is 8.24. The smallest absolute Gasteiger partial charge is 0.0430 e. The Morgan fingerprint density at radius 3 is 2.88 bits per heavy atom. The highest BCUT2D eigenvalue weighted by Gasteiger charge is 2.28. The Kier molecular flexibility index (Phi) is 2.99. The van der Waals surface area contributed by atoms with Gasteiger partial charge < -0.3 is 5.73 Å². The molecule has 0 bridgehead atoms. The van der Waals surface area contributed by atoms with Crippen LogP contribution in [-0.2, 0) is 6.42 Å². The third-order valence-electron chi connectivity index (χ3n) is 3.21. The van der Waals surface area contributed by atoms with Crippen molar-refractivity contribution >= 4 is 23.1 Å². The molecular formula is C14H15NS2. The van der Waals surface area contributed by atoms with Gasteiger partial charge in [-0.1, -0.05) is 18.2 Å². The second-order valence-corrected chi connectivity index (χ2v) is 6.88. The van der Waals surface area contributed by atoms with E-state index in [0.717, 1.165) is 6.42 Å². The molecule has 0 saturated heterocycles. The monoisotopic (exact) mass is 261 g/mol. The largest absolute Gasteiger partial charge is 0.323 e. The topological polar surface area (TPSA) is 26.0 Å². The minimum Gasteiger partial charge on any atom is -0.323 e. The number of rotatable bonds is 2. The molecule has 0 radical (unpaired) electrons. The van der Waals surface area contributed by atoms with Crippen molar-refractivity contribution in [2.45, 2.75) is 29.5 Å². The number of thiophene rings is 1. The van der Waals surface area contributed by atoms with Crippen molar-refractivity contribution in [3.05, 3.63) is 51.7 Å². The van der Waals surface area contributed by atoms with E-state index < -0.39 is 0 Å². The molecule has 0 saturated carbocycles. The molecule has 2 N–H and O–H groups in total. The maximum absolute atomic E-state index is 6.38. The summed E-state index contributed by atoms with van der Waals surface area (Å²) < 4.78 is 0. The van der Waals surface area contributed by atoms with Gasteiger partial charge in [0.2, 0.25) is 0 Å². The zero-order chi connectivity index (χ0) is 11.8. The van der Waals surface area contributed by atoms with Crippen molar-refractivity contribution in [2.75, 3.05) is 0 Å². The highest BCUT2D eigenvalue weighted by molar-refractivity contribution is 8.00. The molecule has 1 aromatic carbocycles. The lowest BCUT2D eigenvalue weighted by Crippen LogP contribution is -2.22. The summed E-state index contributed by atoms with van der Waals surface area (Å²) in [5, 5.41) is 2.69. The third-order valence-corrected chi connectivity index (χ3v) is 5.50. The van der Waals surface area contributed by atoms with Gasteiger partial charge in [-0.25, -0.2) is 0 Å². The number of nitrogens with two attached hydrogens (primary N) is 1. The standard InChI is InChI=1S/C14H15NS2/c1-9-6-11(8-16-9)14(15)13-7-10-4-2-3-5-12(10)17-13/h2-6,8,13-14H,7,15H2,1H3. The Morgan fingerprint density at radius 1 is 1.35 bits per heavy atom. The van der Waals surface area contributed by atoms with Crippen molar-refractivity contribution in [1.29, 1.82) is 0 Å². The summed E-state index contributed by atoms with van der Waals surface area (Å²) in [4.78, 5) is 2.75. The van der Waals surface area contributed by atoms with Gasteiger partial charge in [0.25, 0.3) is 0 Å². The summed E-state index contributed by atoms with van der Waals surface area (Å²) in [7, 11) is 0. The van der Waals surface area contributed by atoms with Gasteiger partial charge >= 0.3 is 0 Å². The maximum Gasteiger partial charge on any atom is 0.0430 e. The van der Waals surface area contributed by atoms with Crippen molar-refractivity contribution in [2.24, 2.45) is 5.73 Å². The first kappa shape index (κ1) is 11.3. The van der Waals surface area contributed by atoms with Gasteiger partial charge in [-0.3, -0.25) is 0 Å². The van der Waals surface area contributed by atoms with E-state index in [4.69, 9.17) is 5.73 Å². The molecule has 2 unspecified atom stereocenters. The Hall–Kier alpha value is -0.770. The molecule has 1 aromatic heterocycles. The summed E-state index contributed by atoms with van der Waals surface area (Å²) in [5.74, 6) is 0. The Balaban J connectivity index is 1.80. The van der Waals surface area contributed by atoms with E-state index in [1.54, 1.807) is 11.3 Å². The molecule has 1 nitrogen and oxygen atoms in total. The SMILES string of the molecule is Cc1cc(C(N)C2Cc3ccccc3S2)cs1. The first-order valence-corrected chi connectivity index (χ1v) is 7.55.